The summed E-state index contributed by atoms with van der Waals surface area (Å²) in [6.45, 7) is 1.10. The number of alkyl halides is 2. The Morgan fingerprint density at radius 3 is 2.76 bits per heavy atom. The molecule has 0 aliphatic carbocycles. The number of piperazine rings is 1. The first kappa shape index (κ1) is 14.5. The fraction of sp³-hybridized carbons (Fsp3) is 0.571. The third-order valence-corrected chi connectivity index (χ3v) is 3.85. The summed E-state index contributed by atoms with van der Waals surface area (Å²) in [5.74, 6) is -2.42. The SMILES string of the molecule is OCC(F)(F)[C@H](c1cccc2c1OCO2)N1CCNCC1. The molecule has 0 unspecified atom stereocenters. The van der Waals surface area contributed by atoms with Gasteiger partial charge in [-0.05, 0) is 6.07 Å². The monoisotopic (exact) mass is 300 g/mol. The van der Waals surface area contributed by atoms with E-state index in [2.05, 4.69) is 5.32 Å². The van der Waals surface area contributed by atoms with Crippen LogP contribution >= 0.6 is 0 Å². The molecule has 0 spiro atoms. The zero-order valence-corrected chi connectivity index (χ0v) is 11.5. The number of rotatable bonds is 4. The highest BCUT2D eigenvalue weighted by Gasteiger charge is 2.46. The molecule has 0 bridgehead atoms. The van der Waals surface area contributed by atoms with Crippen molar-refractivity contribution >= 4 is 0 Å². The van der Waals surface area contributed by atoms with Gasteiger partial charge in [-0.2, -0.15) is 0 Å². The van der Waals surface area contributed by atoms with Crippen LogP contribution < -0.4 is 14.8 Å². The quantitative estimate of drug-likeness (QED) is 0.868. The predicted octanol–water partition coefficient (Wildman–Crippen LogP) is 0.989. The van der Waals surface area contributed by atoms with Crippen LogP contribution in [-0.2, 0) is 0 Å². The highest BCUT2D eigenvalue weighted by atomic mass is 19.3. The van der Waals surface area contributed by atoms with Crippen LogP contribution in [0, 0.1) is 0 Å². The molecule has 2 N–H and O–H groups in total. The molecule has 21 heavy (non-hydrogen) atoms. The molecule has 0 saturated carbocycles. The zero-order chi connectivity index (χ0) is 14.9. The van der Waals surface area contributed by atoms with Crippen molar-refractivity contribution in [3.05, 3.63) is 23.8 Å². The van der Waals surface area contributed by atoms with E-state index in [1.54, 1.807) is 23.1 Å². The minimum absolute atomic E-state index is 0.0331. The zero-order valence-electron chi connectivity index (χ0n) is 11.5. The van der Waals surface area contributed by atoms with Crippen LogP contribution in [0.2, 0.25) is 0 Å². The Morgan fingerprint density at radius 1 is 1.29 bits per heavy atom. The number of hydrogen-bond donors (Lipinski definition) is 2. The van der Waals surface area contributed by atoms with Crippen LogP contribution in [0.25, 0.3) is 0 Å². The minimum atomic E-state index is -3.25. The molecule has 7 heteroatoms. The summed E-state index contributed by atoms with van der Waals surface area (Å²) in [5, 5.41) is 12.3. The molecule has 2 aliphatic rings. The lowest BCUT2D eigenvalue weighted by Crippen LogP contribution is -2.51. The number of aliphatic hydroxyl groups excluding tert-OH is 1. The maximum absolute atomic E-state index is 14.3. The summed E-state index contributed by atoms with van der Waals surface area (Å²) in [7, 11) is 0. The Balaban J connectivity index is 2.01. The van der Waals surface area contributed by atoms with Crippen LogP contribution in [0.15, 0.2) is 18.2 Å². The van der Waals surface area contributed by atoms with Crippen molar-refractivity contribution in [2.24, 2.45) is 0 Å². The van der Waals surface area contributed by atoms with E-state index in [1.165, 1.54) is 0 Å². The second-order valence-electron chi connectivity index (χ2n) is 5.19. The second-order valence-corrected chi connectivity index (χ2v) is 5.19. The van der Waals surface area contributed by atoms with Gasteiger partial charge in [-0.3, -0.25) is 4.90 Å². The van der Waals surface area contributed by atoms with Crippen molar-refractivity contribution in [3.63, 3.8) is 0 Å². The molecule has 1 fully saturated rings. The number of aliphatic hydroxyl groups is 1. The molecule has 1 aromatic carbocycles. The lowest BCUT2D eigenvalue weighted by molar-refractivity contribution is -0.119. The fourth-order valence-electron chi connectivity index (χ4n) is 2.89. The van der Waals surface area contributed by atoms with E-state index in [0.29, 0.717) is 43.2 Å². The van der Waals surface area contributed by atoms with Gasteiger partial charge in [-0.1, -0.05) is 12.1 Å². The number of halogens is 2. The highest BCUT2D eigenvalue weighted by Crippen LogP contribution is 2.45. The van der Waals surface area contributed by atoms with Gasteiger partial charge in [-0.15, -0.1) is 0 Å². The molecule has 0 radical (unpaired) electrons. The average molecular weight is 300 g/mol. The van der Waals surface area contributed by atoms with Crippen LogP contribution in [0.5, 0.6) is 11.5 Å². The van der Waals surface area contributed by atoms with Crippen molar-refractivity contribution in [1.29, 1.82) is 0 Å². The number of hydrogen-bond acceptors (Lipinski definition) is 5. The topological polar surface area (TPSA) is 54.0 Å². The summed E-state index contributed by atoms with van der Waals surface area (Å²) in [6, 6.07) is 3.76. The van der Waals surface area contributed by atoms with Crippen molar-refractivity contribution in [1.82, 2.24) is 10.2 Å². The van der Waals surface area contributed by atoms with E-state index in [4.69, 9.17) is 14.6 Å². The summed E-state index contributed by atoms with van der Waals surface area (Å²) in [4.78, 5) is 1.68. The smallest absolute Gasteiger partial charge is 0.290 e. The summed E-state index contributed by atoms with van der Waals surface area (Å²) in [5.41, 5.74) is 0.367. The molecule has 1 atom stereocenters. The van der Waals surface area contributed by atoms with Crippen molar-refractivity contribution < 1.29 is 23.4 Å². The molecule has 2 heterocycles. The minimum Gasteiger partial charge on any atom is -0.454 e. The molecule has 0 amide bonds. The van der Waals surface area contributed by atoms with Crippen molar-refractivity contribution in [2.75, 3.05) is 39.6 Å². The predicted molar refractivity (Wildman–Crippen MR) is 71.8 cm³/mol. The molecule has 0 aromatic heterocycles. The summed E-state index contributed by atoms with van der Waals surface area (Å²) in [6.07, 6.45) is 0. The van der Waals surface area contributed by atoms with Gasteiger partial charge in [0, 0.05) is 31.7 Å². The second kappa shape index (κ2) is 5.75. The Hall–Kier alpha value is -1.44. The number of nitrogens with zero attached hydrogens (tertiary/aromatic N) is 1. The van der Waals surface area contributed by atoms with E-state index in [1.807, 2.05) is 0 Å². The Labute approximate surface area is 121 Å². The normalized spacial score (nSPS) is 20.5. The lowest BCUT2D eigenvalue weighted by atomic mass is 9.97. The van der Waals surface area contributed by atoms with Crippen LogP contribution in [0.3, 0.4) is 0 Å². The number of ether oxygens (including phenoxy) is 2. The van der Waals surface area contributed by atoms with Crippen LogP contribution in [0.1, 0.15) is 11.6 Å². The maximum Gasteiger partial charge on any atom is 0.290 e. The van der Waals surface area contributed by atoms with Gasteiger partial charge in [0.15, 0.2) is 11.5 Å². The molecular formula is C14H18F2N2O3. The molecule has 2 aliphatic heterocycles. The average Bonchev–Trinajstić information content (AvgIpc) is 2.98. The molecule has 3 rings (SSSR count). The number of nitrogens with one attached hydrogen (secondary N) is 1. The number of benzene rings is 1. The van der Waals surface area contributed by atoms with Gasteiger partial charge in [0.1, 0.15) is 12.6 Å². The lowest BCUT2D eigenvalue weighted by Gasteiger charge is -2.38. The Morgan fingerprint density at radius 2 is 2.05 bits per heavy atom. The molecule has 1 saturated heterocycles. The van der Waals surface area contributed by atoms with Gasteiger partial charge >= 0.3 is 0 Å². The first-order valence-corrected chi connectivity index (χ1v) is 6.95. The van der Waals surface area contributed by atoms with Gasteiger partial charge in [-0.25, -0.2) is 8.78 Å². The van der Waals surface area contributed by atoms with Crippen LogP contribution in [-0.4, -0.2) is 55.5 Å². The molecular weight excluding hydrogens is 282 g/mol. The van der Waals surface area contributed by atoms with Crippen molar-refractivity contribution in [3.8, 4) is 11.5 Å². The maximum atomic E-state index is 14.3. The highest BCUT2D eigenvalue weighted by molar-refractivity contribution is 5.50. The standard InChI is InChI=1S/C14H18F2N2O3/c15-14(16,8-19)13(18-6-4-17-5-7-18)10-2-1-3-11-12(10)21-9-20-11/h1-3,13,17,19H,4-9H2/t13-/m0/s1. The number of fused-ring (bicyclic) bond motifs is 1. The molecule has 1 aromatic rings. The first-order chi connectivity index (χ1) is 10.1. The van der Waals surface area contributed by atoms with Gasteiger partial charge in [0.05, 0.1) is 0 Å². The third kappa shape index (κ3) is 2.68. The Kier molecular flexibility index (Phi) is 3.97. The van der Waals surface area contributed by atoms with E-state index in [9.17, 15) is 8.78 Å². The summed E-state index contributed by atoms with van der Waals surface area (Å²) >= 11 is 0. The van der Waals surface area contributed by atoms with Gasteiger partial charge in [0.2, 0.25) is 6.79 Å². The third-order valence-electron chi connectivity index (χ3n) is 3.85. The van der Waals surface area contributed by atoms with E-state index < -0.39 is 18.6 Å². The van der Waals surface area contributed by atoms with E-state index in [-0.39, 0.29) is 6.79 Å². The largest absolute Gasteiger partial charge is 0.454 e. The van der Waals surface area contributed by atoms with Gasteiger partial charge < -0.3 is 19.9 Å². The Bertz CT molecular complexity index is 507. The first-order valence-electron chi connectivity index (χ1n) is 6.95. The summed E-state index contributed by atoms with van der Waals surface area (Å²) < 4.78 is 39.3. The number of para-hydroxylation sites is 1. The van der Waals surface area contributed by atoms with Crippen molar-refractivity contribution in [2.45, 2.75) is 12.0 Å². The van der Waals surface area contributed by atoms with E-state index in [0.717, 1.165) is 0 Å². The fourth-order valence-corrected chi connectivity index (χ4v) is 2.89. The molecule has 5 nitrogen and oxygen atoms in total. The molecule has 116 valence electrons. The van der Waals surface area contributed by atoms with Crippen LogP contribution in [0.4, 0.5) is 8.78 Å². The van der Waals surface area contributed by atoms with Gasteiger partial charge in [0.25, 0.3) is 5.92 Å². The van der Waals surface area contributed by atoms with E-state index >= 15 is 0 Å².